The van der Waals surface area contributed by atoms with Gasteiger partial charge in [-0.15, -0.1) is 5.10 Å². The van der Waals surface area contributed by atoms with E-state index in [1.165, 1.54) is 11.8 Å². The third-order valence-electron chi connectivity index (χ3n) is 4.71. The van der Waals surface area contributed by atoms with E-state index in [2.05, 4.69) is 20.8 Å². The largest absolute Gasteiger partial charge is 0.493 e. The summed E-state index contributed by atoms with van der Waals surface area (Å²) in [5.74, 6) is 0.625. The first-order valence-electron chi connectivity index (χ1n) is 9.69. The summed E-state index contributed by atoms with van der Waals surface area (Å²) in [6, 6.07) is 10.7. The van der Waals surface area contributed by atoms with Crippen LogP contribution >= 0.6 is 23.4 Å². The number of hydrogen-bond donors (Lipinski definition) is 2. The third kappa shape index (κ3) is 5.80. The van der Waals surface area contributed by atoms with Gasteiger partial charge in [-0.05, 0) is 49.7 Å². The summed E-state index contributed by atoms with van der Waals surface area (Å²) in [5.41, 5.74) is 2.93. The van der Waals surface area contributed by atoms with E-state index >= 15 is 0 Å². The number of anilines is 1. The average Bonchev–Trinajstić information content (AvgIpc) is 3.12. The topological polar surface area (TPSA) is 101 Å². The second kappa shape index (κ2) is 10.5. The molecule has 0 saturated carbocycles. The lowest BCUT2D eigenvalue weighted by atomic mass is 10.1. The van der Waals surface area contributed by atoms with Crippen molar-refractivity contribution in [2.24, 2.45) is 10.2 Å². The number of aryl methyl sites for hydroxylation is 1. The second-order valence-electron chi connectivity index (χ2n) is 6.97. The quantitative estimate of drug-likeness (QED) is 0.466. The monoisotopic (exact) mass is 474 g/mol. The van der Waals surface area contributed by atoms with Gasteiger partial charge in [0, 0.05) is 22.7 Å². The van der Waals surface area contributed by atoms with Crippen LogP contribution in [0.4, 0.5) is 5.69 Å². The molecular formula is C22H23ClN4O4S. The van der Waals surface area contributed by atoms with Crippen LogP contribution in [0, 0.1) is 6.92 Å². The molecule has 0 aliphatic carbocycles. The Balaban J connectivity index is 1.64. The van der Waals surface area contributed by atoms with Gasteiger partial charge in [0.2, 0.25) is 11.8 Å². The number of amidine groups is 1. The van der Waals surface area contributed by atoms with Crippen molar-refractivity contribution in [2.45, 2.75) is 25.5 Å². The van der Waals surface area contributed by atoms with Gasteiger partial charge in [-0.3, -0.25) is 9.59 Å². The van der Waals surface area contributed by atoms with Gasteiger partial charge in [-0.1, -0.05) is 29.4 Å². The lowest BCUT2D eigenvalue weighted by molar-refractivity contribution is -0.122. The number of nitrogens with zero attached hydrogens (tertiary/aromatic N) is 2. The van der Waals surface area contributed by atoms with Gasteiger partial charge in [0.1, 0.15) is 5.25 Å². The molecule has 1 saturated heterocycles. The fourth-order valence-electron chi connectivity index (χ4n) is 2.92. The van der Waals surface area contributed by atoms with Crippen LogP contribution in [0.2, 0.25) is 5.02 Å². The van der Waals surface area contributed by atoms with Crippen LogP contribution in [0.5, 0.6) is 11.5 Å². The minimum Gasteiger partial charge on any atom is -0.493 e. The Morgan fingerprint density at radius 2 is 1.94 bits per heavy atom. The Morgan fingerprint density at radius 3 is 2.66 bits per heavy atom. The zero-order valence-electron chi connectivity index (χ0n) is 18.1. The lowest BCUT2D eigenvalue weighted by Crippen LogP contribution is -2.28. The van der Waals surface area contributed by atoms with E-state index in [1.54, 1.807) is 45.4 Å². The molecule has 1 fully saturated rings. The van der Waals surface area contributed by atoms with Crippen LogP contribution in [0.1, 0.15) is 24.5 Å². The number of halogens is 1. The van der Waals surface area contributed by atoms with Crippen LogP contribution in [0.15, 0.2) is 46.6 Å². The summed E-state index contributed by atoms with van der Waals surface area (Å²) in [4.78, 5) is 24.7. The Labute approximate surface area is 195 Å². The molecule has 1 aliphatic rings. The van der Waals surface area contributed by atoms with E-state index < -0.39 is 5.25 Å². The number of rotatable bonds is 7. The standard InChI is InChI=1S/C22H23ClN4O4S/c1-12-5-7-15(23)10-16(12)24-20(28)11-19-21(29)25-22(32-19)27-26-13(2)14-6-8-17(30-3)18(9-14)31-4/h5-10,19H,11H2,1-4H3,(H,24,28)(H,25,27,29)/t19-/m0/s1. The number of ether oxygens (including phenoxy) is 2. The van der Waals surface area contributed by atoms with Gasteiger partial charge in [-0.25, -0.2) is 0 Å². The van der Waals surface area contributed by atoms with E-state index in [0.717, 1.165) is 11.1 Å². The highest BCUT2D eigenvalue weighted by atomic mass is 35.5. The molecule has 2 amide bonds. The summed E-state index contributed by atoms with van der Waals surface area (Å²) in [6.07, 6.45) is -0.000150. The van der Waals surface area contributed by atoms with Crippen molar-refractivity contribution in [3.63, 3.8) is 0 Å². The van der Waals surface area contributed by atoms with Gasteiger partial charge < -0.3 is 20.1 Å². The second-order valence-corrected chi connectivity index (χ2v) is 8.60. The van der Waals surface area contributed by atoms with Crippen LogP contribution in [0.25, 0.3) is 0 Å². The predicted octanol–water partition coefficient (Wildman–Crippen LogP) is 4.01. The normalized spacial score (nSPS) is 17.3. The van der Waals surface area contributed by atoms with Crippen molar-refractivity contribution in [1.29, 1.82) is 0 Å². The zero-order chi connectivity index (χ0) is 23.3. The highest BCUT2D eigenvalue weighted by Crippen LogP contribution is 2.28. The number of nitrogens with one attached hydrogen (secondary N) is 2. The molecule has 2 aromatic carbocycles. The van der Waals surface area contributed by atoms with Crippen molar-refractivity contribution < 1.29 is 19.1 Å². The minimum atomic E-state index is -0.593. The number of thioether (sulfide) groups is 1. The van der Waals surface area contributed by atoms with Gasteiger partial charge in [0.05, 0.1) is 19.9 Å². The van der Waals surface area contributed by atoms with E-state index in [9.17, 15) is 9.59 Å². The summed E-state index contributed by atoms with van der Waals surface area (Å²) in [6.45, 7) is 3.66. The molecule has 1 heterocycles. The third-order valence-corrected chi connectivity index (χ3v) is 6.02. The zero-order valence-corrected chi connectivity index (χ0v) is 19.6. The number of methoxy groups -OCH3 is 2. The van der Waals surface area contributed by atoms with Crippen molar-refractivity contribution in [3.8, 4) is 11.5 Å². The predicted molar refractivity (Wildman–Crippen MR) is 128 cm³/mol. The Bertz CT molecular complexity index is 1100. The molecular weight excluding hydrogens is 452 g/mol. The summed E-state index contributed by atoms with van der Waals surface area (Å²) < 4.78 is 10.5. The number of amides is 2. The highest BCUT2D eigenvalue weighted by Gasteiger charge is 2.32. The number of hydrogen-bond acceptors (Lipinski definition) is 7. The maximum Gasteiger partial charge on any atom is 0.240 e. The van der Waals surface area contributed by atoms with E-state index in [0.29, 0.717) is 33.1 Å². The van der Waals surface area contributed by atoms with Crippen molar-refractivity contribution in [3.05, 3.63) is 52.5 Å². The molecule has 1 aliphatic heterocycles. The number of carbonyl (C=O) groups is 2. The molecule has 0 radical (unpaired) electrons. The average molecular weight is 475 g/mol. The fraction of sp³-hybridized carbons (Fsp3) is 0.273. The molecule has 0 bridgehead atoms. The minimum absolute atomic E-state index is 0.000150. The Hall–Kier alpha value is -3.04. The summed E-state index contributed by atoms with van der Waals surface area (Å²) in [5, 5.41) is 14.1. The summed E-state index contributed by atoms with van der Waals surface area (Å²) >= 11 is 7.16. The molecule has 1 atom stereocenters. The molecule has 0 unspecified atom stereocenters. The highest BCUT2D eigenvalue weighted by molar-refractivity contribution is 8.15. The van der Waals surface area contributed by atoms with Crippen molar-refractivity contribution in [1.82, 2.24) is 5.32 Å². The van der Waals surface area contributed by atoms with Crippen molar-refractivity contribution >= 4 is 51.7 Å². The molecule has 0 aromatic heterocycles. The van der Waals surface area contributed by atoms with Crippen molar-refractivity contribution in [2.75, 3.05) is 19.5 Å². The smallest absolute Gasteiger partial charge is 0.240 e. The Morgan fingerprint density at radius 1 is 1.19 bits per heavy atom. The molecule has 3 rings (SSSR count). The first kappa shape index (κ1) is 23.6. The maximum absolute atomic E-state index is 12.4. The van der Waals surface area contributed by atoms with Gasteiger partial charge in [-0.2, -0.15) is 5.10 Å². The number of carbonyl (C=O) groups excluding carboxylic acids is 2. The molecule has 2 N–H and O–H groups in total. The summed E-state index contributed by atoms with van der Waals surface area (Å²) in [7, 11) is 3.13. The molecule has 2 aromatic rings. The lowest BCUT2D eigenvalue weighted by Gasteiger charge is -2.10. The van der Waals surface area contributed by atoms with E-state index in [1.807, 2.05) is 19.1 Å². The van der Waals surface area contributed by atoms with Crippen LogP contribution in [0.3, 0.4) is 0 Å². The first-order chi connectivity index (χ1) is 15.3. The first-order valence-corrected chi connectivity index (χ1v) is 10.9. The molecule has 10 heteroatoms. The van der Waals surface area contributed by atoms with Crippen LogP contribution in [-0.4, -0.2) is 42.2 Å². The molecule has 0 spiro atoms. The Kier molecular flexibility index (Phi) is 7.76. The van der Waals surface area contributed by atoms with Gasteiger partial charge >= 0.3 is 0 Å². The molecule has 32 heavy (non-hydrogen) atoms. The fourth-order valence-corrected chi connectivity index (χ4v) is 4.01. The van der Waals surface area contributed by atoms with E-state index in [4.69, 9.17) is 21.1 Å². The van der Waals surface area contributed by atoms with E-state index in [-0.39, 0.29) is 18.2 Å². The van der Waals surface area contributed by atoms with Crippen LogP contribution < -0.4 is 20.1 Å². The van der Waals surface area contributed by atoms with Crippen LogP contribution in [-0.2, 0) is 9.59 Å². The maximum atomic E-state index is 12.4. The van der Waals surface area contributed by atoms with Gasteiger partial charge in [0.15, 0.2) is 16.7 Å². The van der Waals surface area contributed by atoms with Gasteiger partial charge in [0.25, 0.3) is 0 Å². The SMILES string of the molecule is COc1ccc(C(C)=NN=C2NC(=O)[C@H](CC(=O)Nc3cc(Cl)ccc3C)S2)cc1OC. The molecule has 168 valence electrons. The molecule has 8 nitrogen and oxygen atoms in total. The number of benzene rings is 2.